The first-order chi connectivity index (χ1) is 12.2. The van der Waals surface area contributed by atoms with E-state index in [0.717, 1.165) is 12.8 Å². The second kappa shape index (κ2) is 19.7. The molecule has 0 aliphatic rings. The van der Waals surface area contributed by atoms with E-state index in [1.54, 1.807) is 0 Å². The topological polar surface area (TPSA) is 72.8 Å². The van der Waals surface area contributed by atoms with Gasteiger partial charge in [-0.25, -0.2) is 0 Å². The largest absolute Gasteiger partial charge is 0.355 e. The number of hydrogen-bond acceptors (Lipinski definition) is 4. The van der Waals surface area contributed by atoms with Gasteiger partial charge in [0.1, 0.15) is 0 Å². The zero-order chi connectivity index (χ0) is 18.6. The maximum atomic E-state index is 11.5. The average molecular weight is 359 g/mol. The molecule has 0 spiro atoms. The van der Waals surface area contributed by atoms with E-state index >= 15 is 0 Å². The van der Waals surface area contributed by atoms with Crippen molar-refractivity contribution >= 4 is 5.91 Å². The molecule has 0 saturated heterocycles. The van der Waals surface area contributed by atoms with Gasteiger partial charge in [-0.1, -0.05) is 102 Å². The highest BCUT2D eigenvalue weighted by Gasteiger charge is 2.01. The van der Waals surface area contributed by atoms with Crippen LogP contribution < -0.4 is 5.32 Å². The maximum Gasteiger partial charge on any atom is 0.220 e. The summed E-state index contributed by atoms with van der Waals surface area (Å²) in [5.74, 6) is -0.00320. The van der Waals surface area contributed by atoms with Crippen LogP contribution in [0.4, 0.5) is 0 Å². The van der Waals surface area contributed by atoms with Crippen molar-refractivity contribution < 1.29 is 15.2 Å². The average Bonchev–Trinajstić information content (AvgIpc) is 2.58. The molecule has 3 N–H and O–H groups in total. The summed E-state index contributed by atoms with van der Waals surface area (Å²) >= 11 is 0. The molecule has 0 atom stereocenters. The SMILES string of the molecule is CCCCCCCCCCCCCCCCCC(=O)NCCN(O)O. The zero-order valence-electron chi connectivity index (χ0n) is 16.5. The summed E-state index contributed by atoms with van der Waals surface area (Å²) in [5, 5.41) is 19.8. The van der Waals surface area contributed by atoms with Crippen LogP contribution in [0.1, 0.15) is 110 Å². The van der Waals surface area contributed by atoms with E-state index in [1.807, 2.05) is 0 Å². The first-order valence-corrected chi connectivity index (χ1v) is 10.6. The van der Waals surface area contributed by atoms with Crippen molar-refractivity contribution in [1.29, 1.82) is 0 Å². The Morgan fingerprint density at radius 1 is 0.720 bits per heavy atom. The lowest BCUT2D eigenvalue weighted by Crippen LogP contribution is -2.31. The summed E-state index contributed by atoms with van der Waals surface area (Å²) in [6.45, 7) is 2.57. The Labute approximate surface area is 155 Å². The van der Waals surface area contributed by atoms with Crippen LogP contribution in [-0.4, -0.2) is 34.6 Å². The molecule has 25 heavy (non-hydrogen) atoms. The molecule has 0 aliphatic carbocycles. The number of hydroxylamine groups is 2. The summed E-state index contributed by atoms with van der Waals surface area (Å²) in [6, 6.07) is 0. The number of hydrogen-bond donors (Lipinski definition) is 3. The Hall–Kier alpha value is -0.650. The van der Waals surface area contributed by atoms with Gasteiger partial charge in [0.25, 0.3) is 0 Å². The van der Waals surface area contributed by atoms with Crippen molar-refractivity contribution in [1.82, 2.24) is 10.5 Å². The van der Waals surface area contributed by atoms with E-state index in [2.05, 4.69) is 12.2 Å². The third-order valence-corrected chi connectivity index (χ3v) is 4.64. The van der Waals surface area contributed by atoms with Crippen LogP contribution in [0.25, 0.3) is 0 Å². The lowest BCUT2D eigenvalue weighted by molar-refractivity contribution is -0.305. The van der Waals surface area contributed by atoms with Gasteiger partial charge in [-0.2, -0.15) is 0 Å². The molecule has 0 heterocycles. The van der Waals surface area contributed by atoms with Crippen LogP contribution in [-0.2, 0) is 4.79 Å². The second-order valence-corrected chi connectivity index (χ2v) is 7.15. The highest BCUT2D eigenvalue weighted by Crippen LogP contribution is 2.13. The lowest BCUT2D eigenvalue weighted by Gasteiger charge is -2.07. The number of unbranched alkanes of at least 4 members (excludes halogenated alkanes) is 14. The van der Waals surface area contributed by atoms with Gasteiger partial charge in [-0.15, -0.1) is 0 Å². The van der Waals surface area contributed by atoms with Crippen LogP contribution in [0.3, 0.4) is 0 Å². The quantitative estimate of drug-likeness (QED) is 0.212. The standard InChI is InChI=1S/C20H42N2O3/c1-2-3-4-5-6-7-8-9-10-11-12-13-14-15-16-17-20(23)21-18-19-22(24)25/h24-25H,2-19H2,1H3,(H,21,23). The van der Waals surface area contributed by atoms with Crippen LogP contribution in [0, 0.1) is 0 Å². The highest BCUT2D eigenvalue weighted by atomic mass is 16.8. The van der Waals surface area contributed by atoms with Crippen molar-refractivity contribution in [2.24, 2.45) is 0 Å². The van der Waals surface area contributed by atoms with Gasteiger partial charge in [0, 0.05) is 13.0 Å². The van der Waals surface area contributed by atoms with Crippen molar-refractivity contribution in [3.63, 3.8) is 0 Å². The molecule has 5 nitrogen and oxygen atoms in total. The summed E-state index contributed by atoms with van der Waals surface area (Å²) in [5.41, 5.74) is 0. The number of carbonyl (C=O) groups is 1. The minimum Gasteiger partial charge on any atom is -0.355 e. The molecule has 0 bridgehead atoms. The van der Waals surface area contributed by atoms with Gasteiger partial charge in [0.15, 0.2) is 0 Å². The van der Waals surface area contributed by atoms with E-state index in [4.69, 9.17) is 10.4 Å². The van der Waals surface area contributed by atoms with Gasteiger partial charge in [0.2, 0.25) is 5.91 Å². The third kappa shape index (κ3) is 21.3. The fraction of sp³-hybridized carbons (Fsp3) is 0.950. The van der Waals surface area contributed by atoms with E-state index in [9.17, 15) is 4.79 Å². The van der Waals surface area contributed by atoms with Crippen molar-refractivity contribution in [3.8, 4) is 0 Å². The van der Waals surface area contributed by atoms with Crippen molar-refractivity contribution in [2.75, 3.05) is 13.1 Å². The van der Waals surface area contributed by atoms with Gasteiger partial charge in [-0.3, -0.25) is 15.2 Å². The summed E-state index contributed by atoms with van der Waals surface area (Å²) in [4.78, 5) is 11.5. The molecular formula is C20H42N2O3. The molecule has 1 amide bonds. The van der Waals surface area contributed by atoms with Crippen LogP contribution in [0.2, 0.25) is 0 Å². The van der Waals surface area contributed by atoms with Crippen LogP contribution in [0.5, 0.6) is 0 Å². The molecule has 150 valence electrons. The van der Waals surface area contributed by atoms with E-state index < -0.39 is 0 Å². The predicted molar refractivity (Wildman–Crippen MR) is 103 cm³/mol. The fourth-order valence-electron chi connectivity index (χ4n) is 3.04. The Kier molecular flexibility index (Phi) is 19.2. The first kappa shape index (κ1) is 24.4. The Bertz CT molecular complexity index is 286. The van der Waals surface area contributed by atoms with Gasteiger partial charge >= 0.3 is 0 Å². The molecule has 0 saturated carbocycles. The minimum atomic E-state index is -0.00320. The molecule has 0 rings (SSSR count). The smallest absolute Gasteiger partial charge is 0.220 e. The van der Waals surface area contributed by atoms with Crippen LogP contribution in [0.15, 0.2) is 0 Å². The number of nitrogens with one attached hydrogen (secondary N) is 1. The van der Waals surface area contributed by atoms with E-state index in [-0.39, 0.29) is 24.2 Å². The normalized spacial score (nSPS) is 11.2. The van der Waals surface area contributed by atoms with E-state index in [1.165, 1.54) is 83.5 Å². The maximum absolute atomic E-state index is 11.5. The van der Waals surface area contributed by atoms with Crippen LogP contribution >= 0.6 is 0 Å². The summed E-state index contributed by atoms with van der Waals surface area (Å²) in [6.07, 6.45) is 20.3. The molecule has 0 fully saturated rings. The Morgan fingerprint density at radius 3 is 1.52 bits per heavy atom. The Morgan fingerprint density at radius 2 is 1.12 bits per heavy atom. The molecule has 0 aromatic carbocycles. The second-order valence-electron chi connectivity index (χ2n) is 7.15. The zero-order valence-corrected chi connectivity index (χ0v) is 16.5. The number of rotatable bonds is 19. The molecule has 5 heteroatoms. The minimum absolute atomic E-state index is 0.00320. The summed E-state index contributed by atoms with van der Waals surface area (Å²) < 4.78 is 0. The highest BCUT2D eigenvalue weighted by molar-refractivity contribution is 5.75. The monoisotopic (exact) mass is 358 g/mol. The molecule has 0 radical (unpaired) electrons. The van der Waals surface area contributed by atoms with Crippen molar-refractivity contribution in [2.45, 2.75) is 110 Å². The molecule has 0 aromatic heterocycles. The first-order valence-electron chi connectivity index (χ1n) is 10.6. The van der Waals surface area contributed by atoms with E-state index in [0.29, 0.717) is 6.42 Å². The number of nitrogens with zero attached hydrogens (tertiary/aromatic N) is 1. The van der Waals surface area contributed by atoms with Gasteiger partial charge in [0.05, 0.1) is 6.54 Å². The third-order valence-electron chi connectivity index (χ3n) is 4.64. The number of amides is 1. The molecule has 0 aromatic rings. The Balaban J connectivity index is 3.10. The molecular weight excluding hydrogens is 316 g/mol. The fourth-order valence-corrected chi connectivity index (χ4v) is 3.04. The van der Waals surface area contributed by atoms with Gasteiger partial charge in [-0.05, 0) is 6.42 Å². The van der Waals surface area contributed by atoms with Gasteiger partial charge < -0.3 is 5.32 Å². The molecule has 0 unspecified atom stereocenters. The summed E-state index contributed by atoms with van der Waals surface area (Å²) in [7, 11) is 0. The lowest BCUT2D eigenvalue weighted by atomic mass is 10.0. The molecule has 0 aliphatic heterocycles. The predicted octanol–water partition coefficient (Wildman–Crippen LogP) is 5.44. The van der Waals surface area contributed by atoms with Crippen molar-refractivity contribution in [3.05, 3.63) is 0 Å². The number of carbonyl (C=O) groups excluding carboxylic acids is 1.